The Morgan fingerprint density at radius 2 is 1.95 bits per heavy atom. The van der Waals surface area contributed by atoms with E-state index in [1.54, 1.807) is 6.20 Å². The summed E-state index contributed by atoms with van der Waals surface area (Å²) in [5.41, 5.74) is 2.52. The summed E-state index contributed by atoms with van der Waals surface area (Å²) < 4.78 is 0. The van der Waals surface area contributed by atoms with E-state index in [1.165, 1.54) is 22.6 Å². The number of anilines is 1. The Balaban J connectivity index is 1.64. The van der Waals surface area contributed by atoms with Crippen molar-refractivity contribution in [2.75, 3.05) is 31.1 Å². The number of aromatic nitrogens is 1. The van der Waals surface area contributed by atoms with Crippen LogP contribution in [0.25, 0.3) is 0 Å². The van der Waals surface area contributed by atoms with Gasteiger partial charge in [-0.2, -0.15) is 0 Å². The Morgan fingerprint density at radius 1 is 1.19 bits per heavy atom. The lowest BCUT2D eigenvalue weighted by Crippen LogP contribution is -2.48. The van der Waals surface area contributed by atoms with Gasteiger partial charge in [0.25, 0.3) is 5.91 Å². The molecule has 1 saturated heterocycles. The van der Waals surface area contributed by atoms with Gasteiger partial charge in [0.15, 0.2) is 0 Å². The number of rotatable bonds is 2. The van der Waals surface area contributed by atoms with Gasteiger partial charge in [-0.3, -0.25) is 4.79 Å². The molecule has 1 aromatic carbocycles. The quantitative estimate of drug-likeness (QED) is 0.856. The summed E-state index contributed by atoms with van der Waals surface area (Å²) in [5, 5.41) is 0.941. The van der Waals surface area contributed by atoms with Crippen LogP contribution in [-0.2, 0) is 0 Å². The minimum absolute atomic E-state index is 0.115. The second-order valence-corrected chi connectivity index (χ2v) is 6.60. The zero-order chi connectivity index (χ0) is 14.8. The van der Waals surface area contributed by atoms with Gasteiger partial charge >= 0.3 is 0 Å². The number of hydrogen-bond donors (Lipinski definition) is 0. The first-order chi connectivity index (χ1) is 10.1. The first-order valence-electron chi connectivity index (χ1n) is 7.17. The molecule has 1 aliphatic heterocycles. The van der Waals surface area contributed by atoms with Gasteiger partial charge < -0.3 is 9.80 Å². The van der Waals surface area contributed by atoms with Crippen molar-refractivity contribution in [3.63, 3.8) is 0 Å². The van der Waals surface area contributed by atoms with Gasteiger partial charge in [0, 0.05) is 31.9 Å². The summed E-state index contributed by atoms with van der Waals surface area (Å²) in [4.78, 5) is 21.6. The molecule has 0 atom stereocenters. The smallest absolute Gasteiger partial charge is 0.265 e. The highest BCUT2D eigenvalue weighted by Gasteiger charge is 2.23. The monoisotopic (exact) mass is 301 g/mol. The number of hydrogen-bond acceptors (Lipinski definition) is 4. The third kappa shape index (κ3) is 3.08. The van der Waals surface area contributed by atoms with Crippen LogP contribution in [0, 0.1) is 13.8 Å². The second-order valence-electron chi connectivity index (χ2n) is 5.36. The molecule has 1 fully saturated rings. The van der Waals surface area contributed by atoms with Crippen LogP contribution in [0.2, 0.25) is 0 Å². The number of nitrogens with zero attached hydrogens (tertiary/aromatic N) is 3. The Bertz CT molecular complexity index is 644. The molecular weight excluding hydrogens is 282 g/mol. The minimum atomic E-state index is 0.115. The number of piperazine rings is 1. The van der Waals surface area contributed by atoms with Gasteiger partial charge in [-0.1, -0.05) is 12.1 Å². The lowest BCUT2D eigenvalue weighted by atomic mass is 10.2. The summed E-state index contributed by atoms with van der Waals surface area (Å²) in [6.45, 7) is 7.33. The third-order valence-electron chi connectivity index (χ3n) is 3.77. The molecule has 4 nitrogen and oxygen atoms in total. The van der Waals surface area contributed by atoms with Crippen molar-refractivity contribution in [1.29, 1.82) is 0 Å². The molecule has 21 heavy (non-hydrogen) atoms. The largest absolute Gasteiger partial charge is 0.368 e. The maximum Gasteiger partial charge on any atom is 0.265 e. The molecule has 0 unspecified atom stereocenters. The normalized spacial score (nSPS) is 15.3. The van der Waals surface area contributed by atoms with Gasteiger partial charge in [-0.05, 0) is 31.5 Å². The summed E-state index contributed by atoms with van der Waals surface area (Å²) >= 11 is 1.47. The van der Waals surface area contributed by atoms with Crippen LogP contribution in [0.4, 0.5) is 5.69 Å². The number of aryl methyl sites for hydroxylation is 2. The van der Waals surface area contributed by atoms with Gasteiger partial charge in [0.2, 0.25) is 0 Å². The van der Waals surface area contributed by atoms with E-state index in [0.717, 1.165) is 36.1 Å². The molecule has 5 heteroatoms. The first kappa shape index (κ1) is 14.1. The van der Waals surface area contributed by atoms with E-state index in [0.29, 0.717) is 0 Å². The van der Waals surface area contributed by atoms with Gasteiger partial charge in [0.05, 0.1) is 11.2 Å². The highest BCUT2D eigenvalue weighted by Crippen LogP contribution is 2.20. The van der Waals surface area contributed by atoms with Crippen LogP contribution in [0.15, 0.2) is 30.5 Å². The lowest BCUT2D eigenvalue weighted by molar-refractivity contribution is 0.0751. The molecule has 0 spiro atoms. The SMILES string of the molecule is Cc1cccc(N2CCN(C(=O)c3cnc(C)s3)CC2)c1. The topological polar surface area (TPSA) is 36.4 Å². The molecule has 3 rings (SSSR count). The van der Waals surface area contributed by atoms with Crippen molar-refractivity contribution in [2.45, 2.75) is 13.8 Å². The van der Waals surface area contributed by atoms with E-state index < -0.39 is 0 Å². The number of amides is 1. The van der Waals surface area contributed by atoms with E-state index in [9.17, 15) is 4.79 Å². The van der Waals surface area contributed by atoms with Crippen molar-refractivity contribution in [2.24, 2.45) is 0 Å². The first-order valence-corrected chi connectivity index (χ1v) is 7.98. The zero-order valence-corrected chi connectivity index (χ0v) is 13.2. The fourth-order valence-electron chi connectivity index (χ4n) is 2.61. The number of carbonyl (C=O) groups is 1. The summed E-state index contributed by atoms with van der Waals surface area (Å²) in [6.07, 6.45) is 1.69. The minimum Gasteiger partial charge on any atom is -0.368 e. The molecule has 1 aliphatic rings. The Kier molecular flexibility index (Phi) is 3.92. The van der Waals surface area contributed by atoms with E-state index in [-0.39, 0.29) is 5.91 Å². The molecular formula is C16H19N3OS. The molecule has 2 aromatic rings. The summed E-state index contributed by atoms with van der Waals surface area (Å²) in [6, 6.07) is 8.53. The van der Waals surface area contributed by atoms with Crippen molar-refractivity contribution < 1.29 is 4.79 Å². The molecule has 2 heterocycles. The number of carbonyl (C=O) groups excluding carboxylic acids is 1. The Labute approximate surface area is 129 Å². The van der Waals surface area contributed by atoms with Crippen molar-refractivity contribution >= 4 is 22.9 Å². The van der Waals surface area contributed by atoms with Crippen LogP contribution in [-0.4, -0.2) is 42.0 Å². The summed E-state index contributed by atoms with van der Waals surface area (Å²) in [7, 11) is 0. The van der Waals surface area contributed by atoms with E-state index >= 15 is 0 Å². The molecule has 0 N–H and O–H groups in total. The molecule has 0 radical (unpaired) electrons. The number of thiazole rings is 1. The van der Waals surface area contributed by atoms with Gasteiger partial charge in [-0.25, -0.2) is 4.98 Å². The molecule has 0 aliphatic carbocycles. The second kappa shape index (κ2) is 5.85. The maximum absolute atomic E-state index is 12.4. The van der Waals surface area contributed by atoms with Gasteiger partial charge in [0.1, 0.15) is 4.88 Å². The van der Waals surface area contributed by atoms with E-state index in [1.807, 2.05) is 11.8 Å². The molecule has 110 valence electrons. The maximum atomic E-state index is 12.4. The lowest BCUT2D eigenvalue weighted by Gasteiger charge is -2.36. The predicted molar refractivity (Wildman–Crippen MR) is 86.1 cm³/mol. The zero-order valence-electron chi connectivity index (χ0n) is 12.4. The highest BCUT2D eigenvalue weighted by molar-refractivity contribution is 7.13. The van der Waals surface area contributed by atoms with Crippen LogP contribution in [0.1, 0.15) is 20.2 Å². The molecule has 0 bridgehead atoms. The third-order valence-corrected chi connectivity index (χ3v) is 4.67. The van der Waals surface area contributed by atoms with E-state index in [2.05, 4.69) is 41.1 Å². The van der Waals surface area contributed by atoms with Gasteiger partial charge in [-0.15, -0.1) is 11.3 Å². The van der Waals surface area contributed by atoms with Crippen LogP contribution in [0.5, 0.6) is 0 Å². The van der Waals surface area contributed by atoms with Crippen molar-refractivity contribution in [3.05, 3.63) is 45.9 Å². The van der Waals surface area contributed by atoms with Crippen LogP contribution in [0.3, 0.4) is 0 Å². The average molecular weight is 301 g/mol. The Morgan fingerprint density at radius 3 is 2.57 bits per heavy atom. The molecule has 1 amide bonds. The fourth-order valence-corrected chi connectivity index (χ4v) is 3.35. The average Bonchev–Trinajstić information content (AvgIpc) is 2.93. The Hall–Kier alpha value is -1.88. The van der Waals surface area contributed by atoms with Crippen molar-refractivity contribution in [1.82, 2.24) is 9.88 Å². The van der Waals surface area contributed by atoms with Crippen molar-refractivity contribution in [3.8, 4) is 0 Å². The number of benzene rings is 1. The predicted octanol–water partition coefficient (Wildman–Crippen LogP) is 2.72. The van der Waals surface area contributed by atoms with Crippen LogP contribution < -0.4 is 4.90 Å². The molecule has 0 saturated carbocycles. The summed E-state index contributed by atoms with van der Waals surface area (Å²) in [5.74, 6) is 0.115. The standard InChI is InChI=1S/C16H19N3OS/c1-12-4-3-5-14(10-12)18-6-8-19(9-7-18)16(20)15-11-17-13(2)21-15/h3-5,10-11H,6-9H2,1-2H3. The fraction of sp³-hybridized carbons (Fsp3) is 0.375. The van der Waals surface area contributed by atoms with Crippen LogP contribution >= 0.6 is 11.3 Å². The molecule has 1 aromatic heterocycles. The van der Waals surface area contributed by atoms with E-state index in [4.69, 9.17) is 0 Å². The highest BCUT2D eigenvalue weighted by atomic mass is 32.1.